The molecule has 0 atom stereocenters. The SMILES string of the molecule is CCNC(=NCc1ccc(N2CCCCCC2)nc1)NCCOC. The number of nitrogens with one attached hydrogen (secondary N) is 2. The van der Waals surface area contributed by atoms with Crippen LogP contribution in [0.5, 0.6) is 0 Å². The Morgan fingerprint density at radius 1 is 1.21 bits per heavy atom. The topological polar surface area (TPSA) is 61.8 Å². The van der Waals surface area contributed by atoms with Crippen molar-refractivity contribution in [3.05, 3.63) is 23.9 Å². The molecule has 0 spiro atoms. The molecule has 0 saturated carbocycles. The first-order chi connectivity index (χ1) is 11.8. The van der Waals surface area contributed by atoms with Gasteiger partial charge in [-0.1, -0.05) is 18.9 Å². The summed E-state index contributed by atoms with van der Waals surface area (Å²) in [6, 6.07) is 4.26. The second-order valence-electron chi connectivity index (χ2n) is 6.04. The van der Waals surface area contributed by atoms with Gasteiger partial charge < -0.3 is 20.3 Å². The molecule has 1 aliphatic heterocycles. The Hall–Kier alpha value is -1.82. The van der Waals surface area contributed by atoms with Gasteiger partial charge in [0, 0.05) is 39.5 Å². The predicted octanol–water partition coefficient (Wildman–Crippen LogP) is 2.16. The van der Waals surface area contributed by atoms with Crippen LogP contribution in [0.15, 0.2) is 23.3 Å². The fourth-order valence-corrected chi connectivity index (χ4v) is 2.78. The lowest BCUT2D eigenvalue weighted by atomic mass is 10.2. The van der Waals surface area contributed by atoms with Gasteiger partial charge in [0.25, 0.3) is 0 Å². The number of nitrogens with zero attached hydrogens (tertiary/aromatic N) is 3. The largest absolute Gasteiger partial charge is 0.383 e. The number of rotatable bonds is 7. The van der Waals surface area contributed by atoms with E-state index < -0.39 is 0 Å². The number of hydrogen-bond acceptors (Lipinski definition) is 4. The Morgan fingerprint density at radius 2 is 2.00 bits per heavy atom. The van der Waals surface area contributed by atoms with Crippen LogP contribution >= 0.6 is 0 Å². The molecule has 1 aromatic rings. The van der Waals surface area contributed by atoms with Crippen molar-refractivity contribution >= 4 is 11.8 Å². The second-order valence-corrected chi connectivity index (χ2v) is 6.04. The third-order valence-electron chi connectivity index (χ3n) is 4.10. The van der Waals surface area contributed by atoms with Gasteiger partial charge in [-0.05, 0) is 31.4 Å². The summed E-state index contributed by atoms with van der Waals surface area (Å²) in [7, 11) is 1.70. The van der Waals surface area contributed by atoms with Gasteiger partial charge in [0.1, 0.15) is 5.82 Å². The Kier molecular flexibility index (Phi) is 8.38. The van der Waals surface area contributed by atoms with Gasteiger partial charge in [0.2, 0.25) is 0 Å². The van der Waals surface area contributed by atoms with Gasteiger partial charge in [-0.2, -0.15) is 0 Å². The van der Waals surface area contributed by atoms with E-state index in [9.17, 15) is 0 Å². The van der Waals surface area contributed by atoms with Crippen molar-refractivity contribution in [3.8, 4) is 0 Å². The Bertz CT molecular complexity index is 481. The molecule has 2 N–H and O–H groups in total. The highest BCUT2D eigenvalue weighted by Crippen LogP contribution is 2.17. The molecular formula is C18H31N5O. The van der Waals surface area contributed by atoms with Gasteiger partial charge in [-0.3, -0.25) is 0 Å². The maximum atomic E-state index is 5.05. The molecule has 0 unspecified atom stereocenters. The number of pyridine rings is 1. The standard InChI is InChI=1S/C18H31N5O/c1-3-19-18(20-10-13-24-2)22-15-16-8-9-17(21-14-16)23-11-6-4-5-7-12-23/h8-9,14H,3-7,10-13,15H2,1-2H3,(H2,19,20,22). The maximum Gasteiger partial charge on any atom is 0.191 e. The van der Waals surface area contributed by atoms with Crippen molar-refractivity contribution in [3.63, 3.8) is 0 Å². The van der Waals surface area contributed by atoms with Crippen LogP contribution in [-0.2, 0) is 11.3 Å². The molecule has 134 valence electrons. The molecule has 0 aliphatic carbocycles. The van der Waals surface area contributed by atoms with Crippen molar-refractivity contribution < 1.29 is 4.74 Å². The molecule has 24 heavy (non-hydrogen) atoms. The van der Waals surface area contributed by atoms with E-state index in [1.165, 1.54) is 25.7 Å². The highest BCUT2D eigenvalue weighted by atomic mass is 16.5. The second kappa shape index (κ2) is 10.9. The van der Waals surface area contributed by atoms with E-state index in [4.69, 9.17) is 4.74 Å². The first-order valence-electron chi connectivity index (χ1n) is 9.04. The van der Waals surface area contributed by atoms with E-state index in [-0.39, 0.29) is 0 Å². The van der Waals surface area contributed by atoms with Crippen LogP contribution in [-0.4, -0.2) is 50.8 Å². The van der Waals surface area contributed by atoms with E-state index in [0.717, 1.165) is 43.5 Å². The van der Waals surface area contributed by atoms with Crippen molar-refractivity contribution in [1.82, 2.24) is 15.6 Å². The highest BCUT2D eigenvalue weighted by Gasteiger charge is 2.10. The number of methoxy groups -OCH3 is 1. The molecular weight excluding hydrogens is 302 g/mol. The molecule has 1 saturated heterocycles. The van der Waals surface area contributed by atoms with Crippen LogP contribution in [0.25, 0.3) is 0 Å². The summed E-state index contributed by atoms with van der Waals surface area (Å²) in [5.74, 6) is 1.90. The monoisotopic (exact) mass is 333 g/mol. The summed E-state index contributed by atoms with van der Waals surface area (Å²) in [5, 5.41) is 6.48. The third-order valence-corrected chi connectivity index (χ3v) is 4.10. The summed E-state index contributed by atoms with van der Waals surface area (Å²) in [5.41, 5.74) is 1.12. The first-order valence-corrected chi connectivity index (χ1v) is 9.04. The minimum Gasteiger partial charge on any atom is -0.383 e. The molecule has 2 heterocycles. The average Bonchev–Trinajstić information content (AvgIpc) is 2.90. The lowest BCUT2D eigenvalue weighted by Crippen LogP contribution is -2.38. The van der Waals surface area contributed by atoms with E-state index >= 15 is 0 Å². The van der Waals surface area contributed by atoms with Gasteiger partial charge in [0.05, 0.1) is 13.2 Å². The Balaban J connectivity index is 1.90. The molecule has 6 heteroatoms. The number of guanidine groups is 1. The number of hydrogen-bond donors (Lipinski definition) is 2. The summed E-state index contributed by atoms with van der Waals surface area (Å²) < 4.78 is 5.05. The van der Waals surface area contributed by atoms with Crippen molar-refractivity contribution in [1.29, 1.82) is 0 Å². The third kappa shape index (κ3) is 6.35. The fraction of sp³-hybridized carbons (Fsp3) is 0.667. The minimum atomic E-state index is 0.621. The summed E-state index contributed by atoms with van der Waals surface area (Å²) in [4.78, 5) is 11.6. The Morgan fingerprint density at radius 3 is 2.62 bits per heavy atom. The maximum absolute atomic E-state index is 5.05. The van der Waals surface area contributed by atoms with Crippen molar-refractivity contribution in [2.45, 2.75) is 39.2 Å². The van der Waals surface area contributed by atoms with E-state index in [1.807, 2.05) is 6.20 Å². The van der Waals surface area contributed by atoms with Gasteiger partial charge >= 0.3 is 0 Å². The lowest BCUT2D eigenvalue weighted by Gasteiger charge is -2.21. The number of aliphatic imine (C=N–C) groups is 1. The molecule has 0 amide bonds. The van der Waals surface area contributed by atoms with E-state index in [0.29, 0.717) is 13.2 Å². The quantitative estimate of drug-likeness (QED) is 0.455. The highest BCUT2D eigenvalue weighted by molar-refractivity contribution is 5.79. The van der Waals surface area contributed by atoms with Gasteiger partial charge in [0.15, 0.2) is 5.96 Å². The number of ether oxygens (including phenoxy) is 1. The van der Waals surface area contributed by atoms with Crippen LogP contribution in [0.4, 0.5) is 5.82 Å². The van der Waals surface area contributed by atoms with Crippen molar-refractivity contribution in [2.24, 2.45) is 4.99 Å². The van der Waals surface area contributed by atoms with Crippen LogP contribution < -0.4 is 15.5 Å². The van der Waals surface area contributed by atoms with Gasteiger partial charge in [-0.25, -0.2) is 9.98 Å². The summed E-state index contributed by atoms with van der Waals surface area (Å²) in [6.07, 6.45) is 7.17. The summed E-state index contributed by atoms with van der Waals surface area (Å²) >= 11 is 0. The van der Waals surface area contributed by atoms with Crippen LogP contribution in [0.1, 0.15) is 38.2 Å². The number of aromatic nitrogens is 1. The first kappa shape index (κ1) is 18.5. The fourth-order valence-electron chi connectivity index (χ4n) is 2.78. The molecule has 1 aliphatic rings. The number of anilines is 1. The molecule has 0 bridgehead atoms. The zero-order chi connectivity index (χ0) is 17.0. The van der Waals surface area contributed by atoms with Crippen LogP contribution in [0, 0.1) is 0 Å². The zero-order valence-corrected chi connectivity index (χ0v) is 15.1. The van der Waals surface area contributed by atoms with Crippen LogP contribution in [0.2, 0.25) is 0 Å². The lowest BCUT2D eigenvalue weighted by molar-refractivity contribution is 0.203. The summed E-state index contributed by atoms with van der Waals surface area (Å²) in [6.45, 7) is 7.17. The van der Waals surface area contributed by atoms with Crippen molar-refractivity contribution in [2.75, 3.05) is 44.8 Å². The molecule has 1 aromatic heterocycles. The van der Waals surface area contributed by atoms with E-state index in [2.05, 4.69) is 44.6 Å². The molecule has 0 radical (unpaired) electrons. The normalized spacial score (nSPS) is 15.9. The van der Waals surface area contributed by atoms with E-state index in [1.54, 1.807) is 7.11 Å². The molecule has 2 rings (SSSR count). The molecule has 6 nitrogen and oxygen atoms in total. The zero-order valence-electron chi connectivity index (χ0n) is 15.1. The Labute approximate surface area is 145 Å². The van der Waals surface area contributed by atoms with Crippen LogP contribution in [0.3, 0.4) is 0 Å². The smallest absolute Gasteiger partial charge is 0.191 e. The molecule has 0 aromatic carbocycles. The minimum absolute atomic E-state index is 0.621. The predicted molar refractivity (Wildman–Crippen MR) is 99.6 cm³/mol. The average molecular weight is 333 g/mol. The molecule has 1 fully saturated rings. The van der Waals surface area contributed by atoms with Gasteiger partial charge in [-0.15, -0.1) is 0 Å².